The Morgan fingerprint density at radius 2 is 2.09 bits per heavy atom. The first kappa shape index (κ1) is 14.8. The molecule has 6 nitrogen and oxygen atoms in total. The van der Waals surface area contributed by atoms with Gasteiger partial charge in [-0.3, -0.25) is 9.78 Å². The fourth-order valence-corrected chi connectivity index (χ4v) is 1.96. The van der Waals surface area contributed by atoms with Gasteiger partial charge in [0.2, 0.25) is 5.89 Å². The third kappa shape index (κ3) is 3.76. The van der Waals surface area contributed by atoms with Gasteiger partial charge in [0, 0.05) is 24.7 Å². The van der Waals surface area contributed by atoms with Crippen molar-refractivity contribution in [3.8, 4) is 11.6 Å². The van der Waals surface area contributed by atoms with Crippen LogP contribution in [-0.2, 0) is 6.42 Å². The number of carbonyl (C=O) groups is 1. The van der Waals surface area contributed by atoms with Crippen LogP contribution in [0, 0.1) is 5.82 Å². The zero-order valence-electron chi connectivity index (χ0n) is 12.1. The van der Waals surface area contributed by atoms with Gasteiger partial charge < -0.3 is 9.73 Å². The SMILES string of the molecule is O=C(NCCc1nnc(-c2ccccn2)o1)c1cccc(F)c1. The Kier molecular flexibility index (Phi) is 4.37. The monoisotopic (exact) mass is 312 g/mol. The van der Waals surface area contributed by atoms with Crippen molar-refractivity contribution in [3.63, 3.8) is 0 Å². The molecule has 2 aromatic heterocycles. The minimum Gasteiger partial charge on any atom is -0.419 e. The van der Waals surface area contributed by atoms with Gasteiger partial charge >= 0.3 is 0 Å². The summed E-state index contributed by atoms with van der Waals surface area (Å²) in [5, 5.41) is 10.5. The maximum Gasteiger partial charge on any atom is 0.266 e. The van der Waals surface area contributed by atoms with Crippen molar-refractivity contribution in [2.75, 3.05) is 6.54 Å². The number of aromatic nitrogens is 3. The van der Waals surface area contributed by atoms with Crippen LogP contribution in [0.2, 0.25) is 0 Å². The highest BCUT2D eigenvalue weighted by Crippen LogP contribution is 2.14. The van der Waals surface area contributed by atoms with Crippen molar-refractivity contribution in [2.45, 2.75) is 6.42 Å². The molecule has 0 bridgehead atoms. The van der Waals surface area contributed by atoms with E-state index in [4.69, 9.17) is 4.42 Å². The molecule has 3 rings (SSSR count). The minimum atomic E-state index is -0.449. The average molecular weight is 312 g/mol. The van der Waals surface area contributed by atoms with Crippen molar-refractivity contribution >= 4 is 5.91 Å². The van der Waals surface area contributed by atoms with Crippen LogP contribution in [-0.4, -0.2) is 27.6 Å². The Morgan fingerprint density at radius 3 is 2.87 bits per heavy atom. The Morgan fingerprint density at radius 1 is 1.17 bits per heavy atom. The Bertz CT molecular complexity index is 805. The smallest absolute Gasteiger partial charge is 0.266 e. The van der Waals surface area contributed by atoms with E-state index >= 15 is 0 Å². The standard InChI is InChI=1S/C16H13FN4O2/c17-12-5-3-4-11(10-12)15(22)19-9-7-14-20-21-16(23-14)13-6-1-2-8-18-13/h1-6,8,10H,7,9H2,(H,19,22). The summed E-state index contributed by atoms with van der Waals surface area (Å²) in [4.78, 5) is 16.0. The minimum absolute atomic E-state index is 0.268. The number of halogens is 1. The third-order valence-corrected chi connectivity index (χ3v) is 3.06. The Hall–Kier alpha value is -3.09. The van der Waals surface area contributed by atoms with E-state index in [1.165, 1.54) is 18.2 Å². The largest absolute Gasteiger partial charge is 0.419 e. The first-order valence-electron chi connectivity index (χ1n) is 7.00. The van der Waals surface area contributed by atoms with Gasteiger partial charge in [-0.2, -0.15) is 0 Å². The summed E-state index contributed by atoms with van der Waals surface area (Å²) in [7, 11) is 0. The van der Waals surface area contributed by atoms with E-state index in [0.29, 0.717) is 30.4 Å². The second-order valence-electron chi connectivity index (χ2n) is 4.73. The average Bonchev–Trinajstić information content (AvgIpc) is 3.04. The number of hydrogen-bond acceptors (Lipinski definition) is 5. The third-order valence-electron chi connectivity index (χ3n) is 3.06. The summed E-state index contributed by atoms with van der Waals surface area (Å²) in [6, 6.07) is 10.9. The van der Waals surface area contributed by atoms with Crippen molar-refractivity contribution < 1.29 is 13.6 Å². The lowest BCUT2D eigenvalue weighted by Gasteiger charge is -2.03. The number of rotatable bonds is 5. The van der Waals surface area contributed by atoms with Crippen molar-refractivity contribution in [1.82, 2.24) is 20.5 Å². The molecule has 2 heterocycles. The highest BCUT2D eigenvalue weighted by atomic mass is 19.1. The Balaban J connectivity index is 1.55. The molecule has 0 aliphatic carbocycles. The maximum atomic E-state index is 13.1. The molecule has 1 N–H and O–H groups in total. The zero-order valence-corrected chi connectivity index (χ0v) is 12.1. The van der Waals surface area contributed by atoms with Gasteiger partial charge in [-0.25, -0.2) is 4.39 Å². The van der Waals surface area contributed by atoms with Gasteiger partial charge in [-0.15, -0.1) is 10.2 Å². The second-order valence-corrected chi connectivity index (χ2v) is 4.73. The summed E-state index contributed by atoms with van der Waals surface area (Å²) < 4.78 is 18.5. The Labute approximate surface area is 131 Å². The van der Waals surface area contributed by atoms with E-state index in [0.717, 1.165) is 0 Å². The van der Waals surface area contributed by atoms with Gasteiger partial charge in [0.25, 0.3) is 11.8 Å². The molecule has 3 aromatic rings. The number of amides is 1. The molecule has 0 atom stereocenters. The lowest BCUT2D eigenvalue weighted by Crippen LogP contribution is -2.25. The molecule has 1 aromatic carbocycles. The number of carbonyl (C=O) groups excluding carboxylic acids is 1. The highest BCUT2D eigenvalue weighted by molar-refractivity contribution is 5.94. The number of benzene rings is 1. The molecule has 1 amide bonds. The van der Waals surface area contributed by atoms with Gasteiger partial charge in [-0.1, -0.05) is 12.1 Å². The molecule has 0 saturated heterocycles. The molecule has 0 fully saturated rings. The van der Waals surface area contributed by atoms with E-state index in [9.17, 15) is 9.18 Å². The summed E-state index contributed by atoms with van der Waals surface area (Å²) in [6.07, 6.45) is 2.01. The topological polar surface area (TPSA) is 80.9 Å². The van der Waals surface area contributed by atoms with Crippen molar-refractivity contribution in [1.29, 1.82) is 0 Å². The number of hydrogen-bond donors (Lipinski definition) is 1. The summed E-state index contributed by atoms with van der Waals surface area (Å²) in [6.45, 7) is 0.305. The first-order chi connectivity index (χ1) is 11.2. The molecular weight excluding hydrogens is 299 g/mol. The highest BCUT2D eigenvalue weighted by Gasteiger charge is 2.10. The second kappa shape index (κ2) is 6.78. The molecule has 0 unspecified atom stereocenters. The molecule has 0 aliphatic rings. The van der Waals surface area contributed by atoms with Crippen LogP contribution in [0.3, 0.4) is 0 Å². The molecule has 0 aliphatic heterocycles. The first-order valence-corrected chi connectivity index (χ1v) is 7.00. The van der Waals surface area contributed by atoms with Crippen LogP contribution in [0.1, 0.15) is 16.2 Å². The van der Waals surface area contributed by atoms with Gasteiger partial charge in [-0.05, 0) is 30.3 Å². The van der Waals surface area contributed by atoms with Crippen molar-refractivity contribution in [2.24, 2.45) is 0 Å². The van der Waals surface area contributed by atoms with Crippen molar-refractivity contribution in [3.05, 3.63) is 65.9 Å². The lowest BCUT2D eigenvalue weighted by atomic mass is 10.2. The fourth-order valence-electron chi connectivity index (χ4n) is 1.96. The van der Waals surface area contributed by atoms with Crippen LogP contribution in [0.25, 0.3) is 11.6 Å². The lowest BCUT2D eigenvalue weighted by molar-refractivity contribution is 0.0953. The molecule has 0 radical (unpaired) electrons. The quantitative estimate of drug-likeness (QED) is 0.781. The van der Waals surface area contributed by atoms with Crippen LogP contribution in [0.5, 0.6) is 0 Å². The van der Waals surface area contributed by atoms with Gasteiger partial charge in [0.1, 0.15) is 11.5 Å². The number of nitrogens with one attached hydrogen (secondary N) is 1. The van der Waals surface area contributed by atoms with Crippen LogP contribution in [0.15, 0.2) is 53.1 Å². The van der Waals surface area contributed by atoms with Gasteiger partial charge in [0.15, 0.2) is 0 Å². The molecule has 23 heavy (non-hydrogen) atoms. The molecule has 7 heteroatoms. The summed E-state index contributed by atoms with van der Waals surface area (Å²) in [5.74, 6) is -0.0780. The normalized spacial score (nSPS) is 10.5. The molecule has 0 saturated carbocycles. The zero-order chi connectivity index (χ0) is 16.1. The van der Waals surface area contributed by atoms with E-state index in [2.05, 4.69) is 20.5 Å². The molecular formula is C16H13FN4O2. The predicted molar refractivity (Wildman–Crippen MR) is 80.0 cm³/mol. The summed E-state index contributed by atoms with van der Waals surface area (Å²) >= 11 is 0. The van der Waals surface area contributed by atoms with E-state index in [-0.39, 0.29) is 11.5 Å². The summed E-state index contributed by atoms with van der Waals surface area (Å²) in [5.41, 5.74) is 0.861. The van der Waals surface area contributed by atoms with E-state index in [1.807, 2.05) is 6.07 Å². The predicted octanol–water partition coefficient (Wildman–Crippen LogP) is 2.24. The maximum absolute atomic E-state index is 13.1. The number of pyridine rings is 1. The number of nitrogens with zero attached hydrogens (tertiary/aromatic N) is 3. The van der Waals surface area contributed by atoms with Crippen LogP contribution < -0.4 is 5.32 Å². The van der Waals surface area contributed by atoms with Gasteiger partial charge in [0.05, 0.1) is 0 Å². The molecule has 116 valence electrons. The molecule has 0 spiro atoms. The van der Waals surface area contributed by atoms with E-state index in [1.54, 1.807) is 24.4 Å². The van der Waals surface area contributed by atoms with Crippen LogP contribution >= 0.6 is 0 Å². The van der Waals surface area contributed by atoms with Crippen LogP contribution in [0.4, 0.5) is 4.39 Å². The fraction of sp³-hybridized carbons (Fsp3) is 0.125. The van der Waals surface area contributed by atoms with E-state index < -0.39 is 5.82 Å².